The number of hydrogen-bond donors (Lipinski definition) is 1. The monoisotopic (exact) mass is 549 g/mol. The van der Waals surface area contributed by atoms with Crippen LogP contribution in [0.4, 0.5) is 5.69 Å². The molecule has 1 aliphatic heterocycles. The van der Waals surface area contributed by atoms with Gasteiger partial charge in [-0.1, -0.05) is 44.2 Å². The lowest BCUT2D eigenvalue weighted by atomic mass is 9.93. The smallest absolute Gasteiger partial charge is 0.300 e. The van der Waals surface area contributed by atoms with Crippen molar-refractivity contribution >= 4 is 39.1 Å². The van der Waals surface area contributed by atoms with Crippen LogP contribution >= 0.6 is 15.9 Å². The molecule has 186 valence electrons. The molecule has 1 unspecified atom stereocenters. The summed E-state index contributed by atoms with van der Waals surface area (Å²) in [4.78, 5) is 28.2. The topological polar surface area (TPSA) is 76.1 Å². The van der Waals surface area contributed by atoms with E-state index in [0.717, 1.165) is 11.1 Å². The minimum absolute atomic E-state index is 0.0242. The molecular weight excluding hydrogens is 522 g/mol. The minimum atomic E-state index is -0.816. The van der Waals surface area contributed by atoms with Gasteiger partial charge in [0.25, 0.3) is 11.7 Å². The van der Waals surface area contributed by atoms with Gasteiger partial charge in [0.1, 0.15) is 17.3 Å². The normalized spacial score (nSPS) is 17.1. The van der Waals surface area contributed by atoms with Gasteiger partial charge in [-0.3, -0.25) is 14.5 Å². The summed E-state index contributed by atoms with van der Waals surface area (Å²) in [5, 5.41) is 11.4. The molecule has 6 nitrogen and oxygen atoms in total. The Labute approximate surface area is 219 Å². The van der Waals surface area contributed by atoms with Crippen molar-refractivity contribution in [3.05, 3.63) is 93.5 Å². The fourth-order valence-electron chi connectivity index (χ4n) is 4.34. The highest BCUT2D eigenvalue weighted by atomic mass is 79.9. The third kappa shape index (κ3) is 4.75. The number of methoxy groups -OCH3 is 1. The minimum Gasteiger partial charge on any atom is -0.507 e. The number of benzene rings is 3. The number of ketones is 1. The second kappa shape index (κ2) is 10.6. The molecule has 1 atom stereocenters. The summed E-state index contributed by atoms with van der Waals surface area (Å²) < 4.78 is 11.5. The molecule has 1 N–H and O–H groups in total. The van der Waals surface area contributed by atoms with E-state index in [9.17, 15) is 14.7 Å². The SMILES string of the molecule is CCOc1cccc(N2C(=O)C(=O)/C(=C(/O)c3ccc(OC)c(Br)c3)C2c2ccc(C(C)C)cc2)c1. The third-order valence-electron chi connectivity index (χ3n) is 6.20. The quantitative estimate of drug-likeness (QED) is 0.204. The summed E-state index contributed by atoms with van der Waals surface area (Å²) in [6, 6.07) is 19.0. The van der Waals surface area contributed by atoms with E-state index in [1.807, 2.05) is 31.2 Å². The van der Waals surface area contributed by atoms with Crippen molar-refractivity contribution in [1.82, 2.24) is 0 Å². The summed E-state index contributed by atoms with van der Waals surface area (Å²) in [5.74, 6) is -0.219. The van der Waals surface area contributed by atoms with Crippen LogP contribution in [0.3, 0.4) is 0 Å². The van der Waals surface area contributed by atoms with Gasteiger partial charge in [-0.15, -0.1) is 0 Å². The first kappa shape index (κ1) is 25.5. The Morgan fingerprint density at radius 1 is 1.06 bits per heavy atom. The first-order valence-electron chi connectivity index (χ1n) is 11.7. The molecule has 3 aromatic rings. The van der Waals surface area contributed by atoms with E-state index in [2.05, 4.69) is 29.8 Å². The molecule has 7 heteroatoms. The predicted molar refractivity (Wildman–Crippen MR) is 144 cm³/mol. The molecule has 4 rings (SSSR count). The molecule has 1 amide bonds. The number of aliphatic hydroxyl groups excluding tert-OH is 1. The number of hydrogen-bond acceptors (Lipinski definition) is 5. The Morgan fingerprint density at radius 2 is 1.78 bits per heavy atom. The summed E-state index contributed by atoms with van der Waals surface area (Å²) >= 11 is 3.43. The van der Waals surface area contributed by atoms with Crippen LogP contribution in [0.15, 0.2) is 76.8 Å². The van der Waals surface area contributed by atoms with Gasteiger partial charge in [-0.25, -0.2) is 0 Å². The van der Waals surface area contributed by atoms with Crippen molar-refractivity contribution in [2.24, 2.45) is 0 Å². The lowest BCUT2D eigenvalue weighted by Crippen LogP contribution is -2.29. The van der Waals surface area contributed by atoms with E-state index in [0.29, 0.717) is 39.7 Å². The van der Waals surface area contributed by atoms with Gasteiger partial charge >= 0.3 is 0 Å². The maximum atomic E-state index is 13.4. The molecular formula is C29H28BrNO5. The van der Waals surface area contributed by atoms with E-state index in [4.69, 9.17) is 9.47 Å². The number of nitrogens with zero attached hydrogens (tertiary/aromatic N) is 1. The zero-order valence-electron chi connectivity index (χ0n) is 20.6. The number of rotatable bonds is 7. The average Bonchev–Trinajstić information content (AvgIpc) is 3.14. The molecule has 1 heterocycles. The Hall–Kier alpha value is -3.58. The second-order valence-corrected chi connectivity index (χ2v) is 9.62. The van der Waals surface area contributed by atoms with Crippen molar-refractivity contribution < 1.29 is 24.2 Å². The maximum Gasteiger partial charge on any atom is 0.300 e. The fourth-order valence-corrected chi connectivity index (χ4v) is 4.88. The molecule has 1 aliphatic rings. The van der Waals surface area contributed by atoms with Crippen molar-refractivity contribution in [2.45, 2.75) is 32.7 Å². The predicted octanol–water partition coefficient (Wildman–Crippen LogP) is 6.61. The molecule has 36 heavy (non-hydrogen) atoms. The largest absolute Gasteiger partial charge is 0.507 e. The molecule has 0 aromatic heterocycles. The molecule has 1 fully saturated rings. The number of Topliss-reactive ketones (excluding diaryl/α,β-unsaturated/α-hetero) is 1. The molecule has 0 bridgehead atoms. The van der Waals surface area contributed by atoms with Gasteiger partial charge in [-0.05, 0) is 70.2 Å². The molecule has 0 radical (unpaired) electrons. The van der Waals surface area contributed by atoms with Crippen LogP contribution in [0, 0.1) is 0 Å². The molecule has 0 spiro atoms. The summed E-state index contributed by atoms with van der Waals surface area (Å²) in [5.41, 5.74) is 2.78. The number of carbonyl (C=O) groups excluding carboxylic acids is 2. The van der Waals surface area contributed by atoms with E-state index < -0.39 is 17.7 Å². The highest BCUT2D eigenvalue weighted by Crippen LogP contribution is 2.43. The Balaban J connectivity index is 1.91. The van der Waals surface area contributed by atoms with Crippen molar-refractivity contribution in [1.29, 1.82) is 0 Å². The number of carbonyl (C=O) groups is 2. The van der Waals surface area contributed by atoms with Crippen molar-refractivity contribution in [3.63, 3.8) is 0 Å². The molecule has 0 saturated carbocycles. The van der Waals surface area contributed by atoms with Gasteiger partial charge < -0.3 is 14.6 Å². The van der Waals surface area contributed by atoms with Crippen LogP contribution in [0.2, 0.25) is 0 Å². The van der Waals surface area contributed by atoms with E-state index in [1.165, 1.54) is 4.90 Å². The first-order chi connectivity index (χ1) is 17.3. The highest BCUT2D eigenvalue weighted by Gasteiger charge is 2.47. The van der Waals surface area contributed by atoms with Gasteiger partial charge in [0.2, 0.25) is 0 Å². The third-order valence-corrected chi connectivity index (χ3v) is 6.82. The summed E-state index contributed by atoms with van der Waals surface area (Å²) in [6.07, 6.45) is 0. The van der Waals surface area contributed by atoms with Crippen LogP contribution in [-0.2, 0) is 9.59 Å². The fraction of sp³-hybridized carbons (Fsp3) is 0.241. The van der Waals surface area contributed by atoms with Gasteiger partial charge in [-0.2, -0.15) is 0 Å². The van der Waals surface area contributed by atoms with Gasteiger partial charge in [0.05, 0.1) is 29.8 Å². The number of halogens is 1. The van der Waals surface area contributed by atoms with Crippen LogP contribution in [0.5, 0.6) is 11.5 Å². The Bertz CT molecular complexity index is 1330. The van der Waals surface area contributed by atoms with Crippen LogP contribution in [-0.4, -0.2) is 30.5 Å². The van der Waals surface area contributed by atoms with Crippen molar-refractivity contribution in [3.8, 4) is 11.5 Å². The second-order valence-electron chi connectivity index (χ2n) is 8.77. The number of amides is 1. The van der Waals surface area contributed by atoms with Crippen LogP contribution in [0.25, 0.3) is 5.76 Å². The first-order valence-corrected chi connectivity index (χ1v) is 12.5. The lowest BCUT2D eigenvalue weighted by Gasteiger charge is -2.26. The summed E-state index contributed by atoms with van der Waals surface area (Å²) in [6.45, 7) is 6.54. The summed E-state index contributed by atoms with van der Waals surface area (Å²) in [7, 11) is 1.54. The Kier molecular flexibility index (Phi) is 7.50. The van der Waals surface area contributed by atoms with Crippen molar-refractivity contribution in [2.75, 3.05) is 18.6 Å². The zero-order chi connectivity index (χ0) is 26.0. The zero-order valence-corrected chi connectivity index (χ0v) is 22.2. The van der Waals surface area contributed by atoms with Crippen LogP contribution in [0.1, 0.15) is 49.4 Å². The standard InChI is InChI=1S/C29H28BrNO5/c1-5-36-22-8-6-7-21(16-22)31-26(19-11-9-18(10-12-19)17(2)3)25(28(33)29(31)34)27(32)20-13-14-24(35-4)23(30)15-20/h6-17,26,32H,5H2,1-4H3/b27-25+. The molecule has 1 saturated heterocycles. The molecule has 3 aromatic carbocycles. The highest BCUT2D eigenvalue weighted by molar-refractivity contribution is 9.10. The number of ether oxygens (including phenoxy) is 2. The average molecular weight is 550 g/mol. The maximum absolute atomic E-state index is 13.4. The Morgan fingerprint density at radius 3 is 2.39 bits per heavy atom. The van der Waals surface area contributed by atoms with Crippen LogP contribution < -0.4 is 14.4 Å². The lowest BCUT2D eigenvalue weighted by molar-refractivity contribution is -0.132. The van der Waals surface area contributed by atoms with E-state index >= 15 is 0 Å². The number of anilines is 1. The number of aliphatic hydroxyl groups is 1. The van der Waals surface area contributed by atoms with E-state index in [1.54, 1.807) is 49.6 Å². The molecule has 0 aliphatic carbocycles. The van der Waals surface area contributed by atoms with Gasteiger partial charge in [0, 0.05) is 17.3 Å². The van der Waals surface area contributed by atoms with Gasteiger partial charge in [0.15, 0.2) is 0 Å². The van der Waals surface area contributed by atoms with E-state index in [-0.39, 0.29) is 11.3 Å².